The van der Waals surface area contributed by atoms with Gasteiger partial charge in [-0.1, -0.05) is 60.7 Å². The maximum Gasteiger partial charge on any atom is 0.241 e. The zero-order chi connectivity index (χ0) is 23.0. The van der Waals surface area contributed by atoms with Gasteiger partial charge in [0.05, 0.1) is 18.8 Å². The van der Waals surface area contributed by atoms with Crippen molar-refractivity contribution in [1.82, 2.24) is 4.90 Å². The van der Waals surface area contributed by atoms with Gasteiger partial charge in [-0.3, -0.25) is 14.5 Å². The number of hydrogen-bond donors (Lipinski definition) is 2. The van der Waals surface area contributed by atoms with Crippen LogP contribution in [0.2, 0.25) is 0 Å². The SMILES string of the molecule is O=C(Nc1ccccc1O)C1CCN(CC(=O)N(Cc2ccccc2)c2ccccc2)CC1. The summed E-state index contributed by atoms with van der Waals surface area (Å²) in [6.07, 6.45) is 1.35. The van der Waals surface area contributed by atoms with Crippen molar-refractivity contribution in [3.8, 4) is 5.75 Å². The Hall–Kier alpha value is -3.64. The fraction of sp³-hybridized carbons (Fsp3) is 0.259. The number of rotatable bonds is 7. The van der Waals surface area contributed by atoms with E-state index in [1.54, 1.807) is 24.3 Å². The molecule has 0 spiro atoms. The topological polar surface area (TPSA) is 72.9 Å². The number of aromatic hydroxyl groups is 1. The molecule has 1 saturated heterocycles. The van der Waals surface area contributed by atoms with Gasteiger partial charge in [0, 0.05) is 11.6 Å². The molecule has 0 aliphatic carbocycles. The molecule has 0 bridgehead atoms. The molecule has 3 aromatic rings. The second-order valence-corrected chi connectivity index (χ2v) is 8.36. The number of amides is 2. The van der Waals surface area contributed by atoms with Gasteiger partial charge in [0.2, 0.25) is 11.8 Å². The molecular weight excluding hydrogens is 414 g/mol. The first kappa shape index (κ1) is 22.6. The van der Waals surface area contributed by atoms with Gasteiger partial charge in [-0.2, -0.15) is 0 Å². The largest absolute Gasteiger partial charge is 0.506 e. The van der Waals surface area contributed by atoms with Gasteiger partial charge in [0.25, 0.3) is 0 Å². The van der Waals surface area contributed by atoms with E-state index in [1.807, 2.05) is 65.6 Å². The normalized spacial score (nSPS) is 14.5. The molecule has 4 rings (SSSR count). The lowest BCUT2D eigenvalue weighted by Crippen LogP contribution is -2.44. The lowest BCUT2D eigenvalue weighted by molar-refractivity contribution is -0.122. The van der Waals surface area contributed by atoms with Crippen LogP contribution in [0.1, 0.15) is 18.4 Å². The van der Waals surface area contributed by atoms with Crippen molar-refractivity contribution in [3.63, 3.8) is 0 Å². The summed E-state index contributed by atoms with van der Waals surface area (Å²) in [5.74, 6) is -0.113. The fourth-order valence-electron chi connectivity index (χ4n) is 4.14. The second-order valence-electron chi connectivity index (χ2n) is 8.36. The standard InChI is InChI=1S/C27H29N3O3/c31-25-14-8-7-13-24(25)28-27(33)22-15-17-29(18-16-22)20-26(32)30(23-11-5-2-6-12-23)19-21-9-3-1-4-10-21/h1-14,22,31H,15-20H2,(H,28,33). The van der Waals surface area contributed by atoms with Gasteiger partial charge in [-0.15, -0.1) is 0 Å². The van der Waals surface area contributed by atoms with Crippen LogP contribution >= 0.6 is 0 Å². The first-order chi connectivity index (χ1) is 16.1. The first-order valence-electron chi connectivity index (χ1n) is 11.3. The van der Waals surface area contributed by atoms with Crippen LogP contribution in [-0.2, 0) is 16.1 Å². The average molecular weight is 444 g/mol. The molecule has 1 aliphatic rings. The van der Waals surface area contributed by atoms with E-state index in [4.69, 9.17) is 0 Å². The summed E-state index contributed by atoms with van der Waals surface area (Å²) in [7, 11) is 0. The van der Waals surface area contributed by atoms with Crippen molar-refractivity contribution >= 4 is 23.2 Å². The summed E-state index contributed by atoms with van der Waals surface area (Å²) in [5, 5.41) is 12.7. The summed E-state index contributed by atoms with van der Waals surface area (Å²) in [6, 6.07) is 26.4. The van der Waals surface area contributed by atoms with Gasteiger partial charge in [-0.25, -0.2) is 0 Å². The van der Waals surface area contributed by atoms with Crippen LogP contribution in [0.25, 0.3) is 0 Å². The Bertz CT molecular complexity index is 1060. The van der Waals surface area contributed by atoms with Gasteiger partial charge >= 0.3 is 0 Å². The Balaban J connectivity index is 1.34. The smallest absolute Gasteiger partial charge is 0.241 e. The predicted octanol–water partition coefficient (Wildman–Crippen LogP) is 4.28. The maximum absolute atomic E-state index is 13.3. The zero-order valence-electron chi connectivity index (χ0n) is 18.6. The third-order valence-electron chi connectivity index (χ3n) is 6.03. The van der Waals surface area contributed by atoms with Crippen molar-refractivity contribution < 1.29 is 14.7 Å². The van der Waals surface area contributed by atoms with E-state index < -0.39 is 0 Å². The number of para-hydroxylation sites is 3. The van der Waals surface area contributed by atoms with Crippen molar-refractivity contribution in [2.45, 2.75) is 19.4 Å². The van der Waals surface area contributed by atoms with E-state index in [1.165, 1.54) is 0 Å². The molecule has 0 saturated carbocycles. The molecule has 6 heteroatoms. The third kappa shape index (κ3) is 5.99. The zero-order valence-corrected chi connectivity index (χ0v) is 18.6. The number of carbonyl (C=O) groups excluding carboxylic acids is 2. The molecule has 170 valence electrons. The molecule has 1 aliphatic heterocycles. The summed E-state index contributed by atoms with van der Waals surface area (Å²) >= 11 is 0. The molecule has 0 atom stereocenters. The number of nitrogens with one attached hydrogen (secondary N) is 1. The van der Waals surface area contributed by atoms with Crippen molar-refractivity contribution in [1.29, 1.82) is 0 Å². The highest BCUT2D eigenvalue weighted by Gasteiger charge is 2.28. The maximum atomic E-state index is 13.3. The molecule has 0 aromatic heterocycles. The van der Waals surface area contributed by atoms with Crippen LogP contribution in [0.3, 0.4) is 0 Å². The summed E-state index contributed by atoms with van der Waals surface area (Å²) < 4.78 is 0. The number of phenols is 1. The van der Waals surface area contributed by atoms with Crippen LogP contribution in [0.15, 0.2) is 84.9 Å². The molecule has 33 heavy (non-hydrogen) atoms. The van der Waals surface area contributed by atoms with Crippen LogP contribution < -0.4 is 10.2 Å². The molecule has 1 heterocycles. The van der Waals surface area contributed by atoms with Crippen molar-refractivity contribution in [2.75, 3.05) is 29.9 Å². The molecule has 2 amide bonds. The monoisotopic (exact) mass is 443 g/mol. The van der Waals surface area contributed by atoms with Gasteiger partial charge in [0.15, 0.2) is 0 Å². The summed E-state index contributed by atoms with van der Waals surface area (Å²) in [5.41, 5.74) is 2.39. The van der Waals surface area contributed by atoms with Gasteiger partial charge in [0.1, 0.15) is 5.75 Å². The van der Waals surface area contributed by atoms with Crippen molar-refractivity contribution in [2.24, 2.45) is 5.92 Å². The molecule has 0 unspecified atom stereocenters. The highest BCUT2D eigenvalue weighted by atomic mass is 16.3. The lowest BCUT2D eigenvalue weighted by Gasteiger charge is -2.32. The second kappa shape index (κ2) is 10.8. The number of anilines is 2. The fourth-order valence-corrected chi connectivity index (χ4v) is 4.14. The summed E-state index contributed by atoms with van der Waals surface area (Å²) in [6.45, 7) is 2.19. The van der Waals surface area contributed by atoms with Crippen molar-refractivity contribution in [3.05, 3.63) is 90.5 Å². The molecule has 0 radical (unpaired) electrons. The number of likely N-dealkylation sites (tertiary alicyclic amines) is 1. The number of piperidine rings is 1. The van der Waals surface area contributed by atoms with Gasteiger partial charge < -0.3 is 15.3 Å². The Morgan fingerprint density at radius 3 is 2.15 bits per heavy atom. The Morgan fingerprint density at radius 1 is 0.879 bits per heavy atom. The van der Waals surface area contributed by atoms with E-state index in [2.05, 4.69) is 10.2 Å². The van der Waals surface area contributed by atoms with E-state index in [0.29, 0.717) is 44.7 Å². The van der Waals surface area contributed by atoms with Gasteiger partial charge in [-0.05, 0) is 55.8 Å². The predicted molar refractivity (Wildman–Crippen MR) is 130 cm³/mol. The molecule has 1 fully saturated rings. The number of benzene rings is 3. The van der Waals surface area contributed by atoms with E-state index in [9.17, 15) is 14.7 Å². The molecular formula is C27H29N3O3. The van der Waals surface area contributed by atoms with E-state index in [0.717, 1.165) is 11.3 Å². The Kier molecular flexibility index (Phi) is 7.37. The van der Waals surface area contributed by atoms with Crippen LogP contribution in [0, 0.1) is 5.92 Å². The van der Waals surface area contributed by atoms with Crippen LogP contribution in [0.5, 0.6) is 5.75 Å². The van der Waals surface area contributed by atoms with E-state index >= 15 is 0 Å². The third-order valence-corrected chi connectivity index (χ3v) is 6.03. The number of carbonyl (C=O) groups is 2. The van der Waals surface area contributed by atoms with Crippen LogP contribution in [0.4, 0.5) is 11.4 Å². The molecule has 3 aromatic carbocycles. The summed E-state index contributed by atoms with van der Waals surface area (Å²) in [4.78, 5) is 29.9. The Morgan fingerprint density at radius 2 is 1.48 bits per heavy atom. The highest BCUT2D eigenvalue weighted by molar-refractivity contribution is 5.95. The molecule has 6 nitrogen and oxygen atoms in total. The highest BCUT2D eigenvalue weighted by Crippen LogP contribution is 2.25. The van der Waals surface area contributed by atoms with Crippen LogP contribution in [-0.4, -0.2) is 41.5 Å². The number of hydrogen-bond acceptors (Lipinski definition) is 4. The Labute approximate surface area is 194 Å². The first-order valence-corrected chi connectivity index (χ1v) is 11.3. The minimum Gasteiger partial charge on any atom is -0.506 e. The van der Waals surface area contributed by atoms with E-state index in [-0.39, 0.29) is 23.5 Å². The minimum atomic E-state index is -0.134. The quantitative estimate of drug-likeness (QED) is 0.535. The molecule has 2 N–H and O–H groups in total. The average Bonchev–Trinajstić information content (AvgIpc) is 2.85. The number of nitrogens with zero attached hydrogens (tertiary/aromatic N) is 2. The number of phenolic OH excluding ortho intramolecular Hbond substituents is 1. The minimum absolute atomic E-state index is 0.0437. The lowest BCUT2D eigenvalue weighted by atomic mass is 9.95.